The fourth-order valence-corrected chi connectivity index (χ4v) is 3.08. The largest absolute Gasteiger partial charge is 0.573 e. The van der Waals surface area contributed by atoms with Crippen LogP contribution in [0.25, 0.3) is 0 Å². The highest BCUT2D eigenvalue weighted by atomic mass is 19.4. The van der Waals surface area contributed by atoms with Gasteiger partial charge in [0.1, 0.15) is 5.75 Å². The van der Waals surface area contributed by atoms with Crippen LogP contribution in [0, 0.1) is 5.41 Å². The molecule has 0 spiro atoms. The number of hydrogen-bond donors (Lipinski definition) is 0. The molecule has 0 aliphatic heterocycles. The van der Waals surface area contributed by atoms with E-state index in [1.807, 2.05) is 20.8 Å². The molecule has 1 aliphatic carbocycles. The highest BCUT2D eigenvalue weighted by Gasteiger charge is 2.34. The second kappa shape index (κ2) is 5.78. The number of carbonyl (C=O) groups is 1. The van der Waals surface area contributed by atoms with Gasteiger partial charge in [-0.25, -0.2) is 0 Å². The summed E-state index contributed by atoms with van der Waals surface area (Å²) in [5, 5.41) is 0. The van der Waals surface area contributed by atoms with Crippen LogP contribution in [0.4, 0.5) is 13.2 Å². The highest BCUT2D eigenvalue weighted by molar-refractivity contribution is 6.10. The fourth-order valence-electron chi connectivity index (χ4n) is 3.08. The average Bonchev–Trinajstić information content (AvgIpc) is 2.36. The van der Waals surface area contributed by atoms with Gasteiger partial charge in [-0.3, -0.25) is 4.79 Å². The van der Waals surface area contributed by atoms with Crippen LogP contribution in [0.3, 0.4) is 0 Å². The Morgan fingerprint density at radius 3 is 2.27 bits per heavy atom. The van der Waals surface area contributed by atoms with Gasteiger partial charge in [0.15, 0.2) is 5.78 Å². The summed E-state index contributed by atoms with van der Waals surface area (Å²) in [6, 6.07) is 5.11. The standard InChI is InChI=1S/C17H19F3O2/c1-11-5-4-10-16(2,3)14(11)15(21)12-6-8-13(9-7-12)22-17(18,19)20/h6-9H,4-5,10H2,1-3H3. The summed E-state index contributed by atoms with van der Waals surface area (Å²) in [6.45, 7) is 6.02. The number of allylic oxidation sites excluding steroid dienone is 2. The Balaban J connectivity index is 2.27. The van der Waals surface area contributed by atoms with Gasteiger partial charge in [0.05, 0.1) is 0 Å². The molecule has 1 aromatic rings. The minimum absolute atomic E-state index is 0.110. The molecule has 0 atom stereocenters. The molecule has 2 nitrogen and oxygen atoms in total. The minimum Gasteiger partial charge on any atom is -0.406 e. The van der Waals surface area contributed by atoms with E-state index in [1.165, 1.54) is 24.3 Å². The molecule has 22 heavy (non-hydrogen) atoms. The van der Waals surface area contributed by atoms with Gasteiger partial charge in [0.25, 0.3) is 0 Å². The first-order valence-electron chi connectivity index (χ1n) is 7.21. The fraction of sp³-hybridized carbons (Fsp3) is 0.471. The zero-order chi connectivity index (χ0) is 16.5. The summed E-state index contributed by atoms with van der Waals surface area (Å²) in [4.78, 5) is 12.7. The smallest absolute Gasteiger partial charge is 0.406 e. The lowest BCUT2D eigenvalue weighted by atomic mass is 9.70. The van der Waals surface area contributed by atoms with Crippen LogP contribution < -0.4 is 4.74 Å². The first kappa shape index (κ1) is 16.6. The van der Waals surface area contributed by atoms with Gasteiger partial charge in [-0.2, -0.15) is 0 Å². The average molecular weight is 312 g/mol. The number of rotatable bonds is 3. The van der Waals surface area contributed by atoms with Gasteiger partial charge in [0.2, 0.25) is 0 Å². The Labute approximate surface area is 128 Å². The van der Waals surface area contributed by atoms with Gasteiger partial charge in [0, 0.05) is 11.1 Å². The number of ether oxygens (including phenoxy) is 1. The summed E-state index contributed by atoms with van der Waals surface area (Å²) in [7, 11) is 0. The van der Waals surface area contributed by atoms with Crippen molar-refractivity contribution in [2.75, 3.05) is 0 Å². The van der Waals surface area contributed by atoms with E-state index < -0.39 is 6.36 Å². The molecule has 1 aromatic carbocycles. The Morgan fingerprint density at radius 2 is 1.77 bits per heavy atom. The van der Waals surface area contributed by atoms with Crippen molar-refractivity contribution >= 4 is 5.78 Å². The third-order valence-electron chi connectivity index (χ3n) is 4.03. The summed E-state index contributed by atoms with van der Waals surface area (Å²) < 4.78 is 40.3. The first-order chi connectivity index (χ1) is 10.1. The monoisotopic (exact) mass is 312 g/mol. The zero-order valence-corrected chi connectivity index (χ0v) is 12.9. The van der Waals surface area contributed by atoms with Crippen LogP contribution in [0.5, 0.6) is 5.75 Å². The second-order valence-electron chi connectivity index (χ2n) is 6.29. The highest BCUT2D eigenvalue weighted by Crippen LogP contribution is 2.41. The predicted octanol–water partition coefficient (Wildman–Crippen LogP) is 5.29. The SMILES string of the molecule is CC1=C(C(=O)c2ccc(OC(F)(F)F)cc2)C(C)(C)CCC1. The lowest BCUT2D eigenvalue weighted by molar-refractivity contribution is -0.274. The van der Waals surface area contributed by atoms with Crippen LogP contribution in [0.1, 0.15) is 50.4 Å². The lowest BCUT2D eigenvalue weighted by Gasteiger charge is -2.33. The molecule has 0 saturated heterocycles. The van der Waals surface area contributed by atoms with E-state index in [1.54, 1.807) is 0 Å². The number of alkyl halides is 3. The Hall–Kier alpha value is -1.78. The van der Waals surface area contributed by atoms with E-state index in [0.717, 1.165) is 30.4 Å². The second-order valence-corrected chi connectivity index (χ2v) is 6.29. The zero-order valence-electron chi connectivity index (χ0n) is 12.9. The van der Waals surface area contributed by atoms with E-state index in [9.17, 15) is 18.0 Å². The molecule has 0 saturated carbocycles. The quantitative estimate of drug-likeness (QED) is 0.708. The molecule has 5 heteroatoms. The van der Waals surface area contributed by atoms with Crippen LogP contribution in [-0.4, -0.2) is 12.1 Å². The Bertz CT molecular complexity index is 595. The summed E-state index contributed by atoms with van der Waals surface area (Å²) in [6.07, 6.45) is -1.86. The molecular formula is C17H19F3O2. The molecule has 0 fully saturated rings. The van der Waals surface area contributed by atoms with Gasteiger partial charge in [-0.15, -0.1) is 13.2 Å². The number of Topliss-reactive ketones (excluding diaryl/α,β-unsaturated/α-hetero) is 1. The molecule has 2 rings (SSSR count). The molecule has 0 radical (unpaired) electrons. The third kappa shape index (κ3) is 3.70. The number of hydrogen-bond acceptors (Lipinski definition) is 2. The molecule has 0 N–H and O–H groups in total. The summed E-state index contributed by atoms with van der Waals surface area (Å²) in [5.74, 6) is -0.432. The number of ketones is 1. The number of benzene rings is 1. The van der Waals surface area contributed by atoms with E-state index in [0.29, 0.717) is 5.56 Å². The summed E-state index contributed by atoms with van der Waals surface area (Å²) in [5.41, 5.74) is 2.03. The van der Waals surface area contributed by atoms with Crippen molar-refractivity contribution in [1.29, 1.82) is 0 Å². The van der Waals surface area contributed by atoms with Gasteiger partial charge >= 0.3 is 6.36 Å². The predicted molar refractivity (Wildman–Crippen MR) is 77.8 cm³/mol. The molecule has 0 aromatic heterocycles. The van der Waals surface area contributed by atoms with Gasteiger partial charge < -0.3 is 4.74 Å². The van der Waals surface area contributed by atoms with Crippen molar-refractivity contribution in [3.63, 3.8) is 0 Å². The minimum atomic E-state index is -4.73. The van der Waals surface area contributed by atoms with Crippen molar-refractivity contribution in [3.8, 4) is 5.75 Å². The van der Waals surface area contributed by atoms with Crippen molar-refractivity contribution in [3.05, 3.63) is 41.0 Å². The lowest BCUT2D eigenvalue weighted by Crippen LogP contribution is -2.26. The summed E-state index contributed by atoms with van der Waals surface area (Å²) >= 11 is 0. The van der Waals surface area contributed by atoms with Crippen molar-refractivity contribution in [2.24, 2.45) is 5.41 Å². The van der Waals surface area contributed by atoms with Crippen LogP contribution in [-0.2, 0) is 0 Å². The first-order valence-corrected chi connectivity index (χ1v) is 7.21. The van der Waals surface area contributed by atoms with E-state index >= 15 is 0 Å². The van der Waals surface area contributed by atoms with Crippen LogP contribution in [0.2, 0.25) is 0 Å². The molecule has 0 bridgehead atoms. The number of halogens is 3. The number of carbonyl (C=O) groups excluding carboxylic acids is 1. The maximum atomic E-state index is 12.7. The van der Waals surface area contributed by atoms with Crippen molar-refractivity contribution in [2.45, 2.75) is 46.4 Å². The topological polar surface area (TPSA) is 26.3 Å². The molecular weight excluding hydrogens is 293 g/mol. The normalized spacial score (nSPS) is 18.3. The van der Waals surface area contributed by atoms with Crippen molar-refractivity contribution in [1.82, 2.24) is 0 Å². The molecule has 120 valence electrons. The third-order valence-corrected chi connectivity index (χ3v) is 4.03. The van der Waals surface area contributed by atoms with Crippen LogP contribution >= 0.6 is 0 Å². The Kier molecular flexibility index (Phi) is 4.36. The molecule has 0 amide bonds. The maximum absolute atomic E-state index is 12.7. The van der Waals surface area contributed by atoms with Gasteiger partial charge in [-0.05, 0) is 55.9 Å². The van der Waals surface area contributed by atoms with E-state index in [2.05, 4.69) is 4.74 Å². The Morgan fingerprint density at radius 1 is 1.18 bits per heavy atom. The molecule has 0 heterocycles. The van der Waals surface area contributed by atoms with Crippen molar-refractivity contribution < 1.29 is 22.7 Å². The van der Waals surface area contributed by atoms with Crippen LogP contribution in [0.15, 0.2) is 35.4 Å². The van der Waals surface area contributed by atoms with Gasteiger partial charge in [-0.1, -0.05) is 19.4 Å². The molecule has 1 aliphatic rings. The van der Waals surface area contributed by atoms with E-state index in [-0.39, 0.29) is 16.9 Å². The van der Waals surface area contributed by atoms with E-state index in [4.69, 9.17) is 0 Å². The maximum Gasteiger partial charge on any atom is 0.573 e. The molecule has 0 unspecified atom stereocenters.